The zero-order valence-corrected chi connectivity index (χ0v) is 15.5. The van der Waals surface area contributed by atoms with Gasteiger partial charge in [0.2, 0.25) is 0 Å². The molecular formula is C24H22N2O. The molecule has 0 radical (unpaired) electrons. The van der Waals surface area contributed by atoms with Gasteiger partial charge in [-0.2, -0.15) is 5.10 Å². The van der Waals surface area contributed by atoms with E-state index in [0.717, 1.165) is 17.0 Å². The van der Waals surface area contributed by atoms with Crippen molar-refractivity contribution in [3.63, 3.8) is 0 Å². The first-order valence-electron chi connectivity index (χ1n) is 9.41. The van der Waals surface area contributed by atoms with Gasteiger partial charge in [0.05, 0.1) is 17.7 Å². The molecule has 27 heavy (non-hydrogen) atoms. The summed E-state index contributed by atoms with van der Waals surface area (Å²) in [7, 11) is 2.07. The standard InChI is InChI=1S/C24H22N2O/c1-16-9-8-12-18(15-16)23-21-22(25-26(23)2)19-13-6-7-14-20(19)27-24(21)17-10-4-3-5-11-17/h3-15,21,23-24H,1-2H3. The van der Waals surface area contributed by atoms with Crippen molar-refractivity contribution in [3.8, 4) is 5.75 Å². The average Bonchev–Trinajstić information content (AvgIpc) is 3.05. The average molecular weight is 354 g/mol. The van der Waals surface area contributed by atoms with Crippen molar-refractivity contribution in [1.29, 1.82) is 0 Å². The molecule has 134 valence electrons. The Kier molecular flexibility index (Phi) is 3.75. The lowest BCUT2D eigenvalue weighted by Gasteiger charge is -2.36. The first kappa shape index (κ1) is 16.1. The van der Waals surface area contributed by atoms with Crippen molar-refractivity contribution in [2.45, 2.75) is 19.1 Å². The van der Waals surface area contributed by atoms with Crippen molar-refractivity contribution in [2.24, 2.45) is 11.0 Å². The number of aryl methyl sites for hydroxylation is 1. The largest absolute Gasteiger partial charge is 0.484 e. The van der Waals surface area contributed by atoms with Crippen LogP contribution in [0.4, 0.5) is 0 Å². The van der Waals surface area contributed by atoms with Gasteiger partial charge < -0.3 is 4.74 Å². The number of benzene rings is 3. The highest BCUT2D eigenvalue weighted by Crippen LogP contribution is 2.49. The molecule has 3 nitrogen and oxygen atoms in total. The number of para-hydroxylation sites is 1. The number of nitrogens with zero attached hydrogens (tertiary/aromatic N) is 2. The van der Waals surface area contributed by atoms with Crippen LogP contribution < -0.4 is 4.74 Å². The van der Waals surface area contributed by atoms with Crippen LogP contribution in [0.1, 0.15) is 34.4 Å². The molecule has 0 aromatic heterocycles. The predicted octanol–water partition coefficient (Wildman–Crippen LogP) is 5.14. The van der Waals surface area contributed by atoms with E-state index in [1.807, 2.05) is 18.2 Å². The third-order valence-electron chi connectivity index (χ3n) is 5.58. The molecule has 0 N–H and O–H groups in total. The van der Waals surface area contributed by atoms with Crippen molar-refractivity contribution < 1.29 is 4.74 Å². The van der Waals surface area contributed by atoms with E-state index in [9.17, 15) is 0 Å². The van der Waals surface area contributed by atoms with Crippen LogP contribution in [0.5, 0.6) is 5.75 Å². The maximum Gasteiger partial charge on any atom is 0.135 e. The first-order chi connectivity index (χ1) is 13.2. The molecule has 0 saturated carbocycles. The predicted molar refractivity (Wildman–Crippen MR) is 108 cm³/mol. The molecule has 5 rings (SSSR count). The number of hydrazone groups is 1. The van der Waals surface area contributed by atoms with Gasteiger partial charge in [-0.15, -0.1) is 0 Å². The number of hydrogen-bond donors (Lipinski definition) is 0. The van der Waals surface area contributed by atoms with Crippen LogP contribution in [-0.4, -0.2) is 17.8 Å². The van der Waals surface area contributed by atoms with Gasteiger partial charge >= 0.3 is 0 Å². The maximum absolute atomic E-state index is 6.55. The Labute approximate surface area is 159 Å². The van der Waals surface area contributed by atoms with Gasteiger partial charge in [0.15, 0.2) is 0 Å². The van der Waals surface area contributed by atoms with Gasteiger partial charge in [-0.3, -0.25) is 5.01 Å². The minimum absolute atomic E-state index is 0.0599. The van der Waals surface area contributed by atoms with E-state index < -0.39 is 0 Å². The number of fused-ring (bicyclic) bond motifs is 3. The third kappa shape index (κ3) is 2.62. The molecule has 2 aliphatic rings. The Hall–Kier alpha value is -3.07. The van der Waals surface area contributed by atoms with Crippen LogP contribution >= 0.6 is 0 Å². The molecule has 0 saturated heterocycles. The summed E-state index contributed by atoms with van der Waals surface area (Å²) < 4.78 is 6.55. The molecule has 2 heterocycles. The van der Waals surface area contributed by atoms with Crippen LogP contribution in [0.15, 0.2) is 84.0 Å². The molecule has 3 unspecified atom stereocenters. The summed E-state index contributed by atoms with van der Waals surface area (Å²) in [4.78, 5) is 0. The second-order valence-corrected chi connectivity index (χ2v) is 7.39. The fourth-order valence-electron chi connectivity index (χ4n) is 4.41. The summed E-state index contributed by atoms with van der Waals surface area (Å²) in [5.74, 6) is 1.06. The molecule has 0 amide bonds. The van der Waals surface area contributed by atoms with Gasteiger partial charge in [-0.25, -0.2) is 0 Å². The van der Waals surface area contributed by atoms with Crippen molar-refractivity contribution in [1.82, 2.24) is 5.01 Å². The third-order valence-corrected chi connectivity index (χ3v) is 5.58. The Bertz CT molecular complexity index is 1010. The zero-order valence-electron chi connectivity index (χ0n) is 15.5. The topological polar surface area (TPSA) is 24.8 Å². The molecule has 2 aliphatic heterocycles. The molecule has 0 fully saturated rings. The van der Waals surface area contributed by atoms with Crippen LogP contribution in [0, 0.1) is 12.8 Å². The highest BCUT2D eigenvalue weighted by Gasteiger charge is 2.47. The molecule has 0 bridgehead atoms. The minimum Gasteiger partial charge on any atom is -0.484 e. The quantitative estimate of drug-likeness (QED) is 0.637. The smallest absolute Gasteiger partial charge is 0.135 e. The van der Waals surface area contributed by atoms with Crippen molar-refractivity contribution >= 4 is 5.71 Å². The van der Waals surface area contributed by atoms with E-state index in [0.29, 0.717) is 0 Å². The molecule has 3 atom stereocenters. The van der Waals surface area contributed by atoms with Crippen molar-refractivity contribution in [2.75, 3.05) is 7.05 Å². The molecular weight excluding hydrogens is 332 g/mol. The second-order valence-electron chi connectivity index (χ2n) is 7.39. The van der Waals surface area contributed by atoms with Gasteiger partial charge in [-0.1, -0.05) is 72.3 Å². The van der Waals surface area contributed by atoms with E-state index >= 15 is 0 Å². The lowest BCUT2D eigenvalue weighted by Crippen LogP contribution is -2.35. The van der Waals surface area contributed by atoms with Crippen LogP contribution in [0.2, 0.25) is 0 Å². The lowest BCUT2D eigenvalue weighted by molar-refractivity contribution is 0.113. The Morgan fingerprint density at radius 3 is 2.41 bits per heavy atom. The Morgan fingerprint density at radius 1 is 0.852 bits per heavy atom. The van der Waals surface area contributed by atoms with Crippen LogP contribution in [0.25, 0.3) is 0 Å². The van der Waals surface area contributed by atoms with Gasteiger partial charge in [0.1, 0.15) is 11.9 Å². The number of hydrogen-bond acceptors (Lipinski definition) is 3. The van der Waals surface area contributed by atoms with Crippen LogP contribution in [-0.2, 0) is 0 Å². The van der Waals surface area contributed by atoms with E-state index in [1.165, 1.54) is 16.7 Å². The summed E-state index contributed by atoms with van der Waals surface area (Å²) in [5.41, 5.74) is 5.97. The highest BCUT2D eigenvalue weighted by molar-refractivity contribution is 6.07. The summed E-state index contributed by atoms with van der Waals surface area (Å²) in [5, 5.41) is 7.09. The van der Waals surface area contributed by atoms with E-state index in [2.05, 4.69) is 79.6 Å². The maximum atomic E-state index is 6.55. The van der Waals surface area contributed by atoms with E-state index in [1.54, 1.807) is 0 Å². The summed E-state index contributed by atoms with van der Waals surface area (Å²) in [6, 6.07) is 27.7. The molecule has 0 aliphatic carbocycles. The van der Waals surface area contributed by atoms with Gasteiger partial charge in [0.25, 0.3) is 0 Å². The highest BCUT2D eigenvalue weighted by atomic mass is 16.5. The lowest BCUT2D eigenvalue weighted by atomic mass is 9.78. The summed E-state index contributed by atoms with van der Waals surface area (Å²) in [6.07, 6.45) is -0.0599. The van der Waals surface area contributed by atoms with Crippen LogP contribution in [0.3, 0.4) is 0 Å². The zero-order chi connectivity index (χ0) is 18.4. The first-order valence-corrected chi connectivity index (χ1v) is 9.41. The van der Waals surface area contributed by atoms with Crippen molar-refractivity contribution in [3.05, 3.63) is 101 Å². The minimum atomic E-state index is -0.0599. The monoisotopic (exact) mass is 354 g/mol. The fourth-order valence-corrected chi connectivity index (χ4v) is 4.41. The molecule has 3 heteroatoms. The molecule has 3 aromatic carbocycles. The van der Waals surface area contributed by atoms with Gasteiger partial charge in [0, 0.05) is 12.6 Å². The van der Waals surface area contributed by atoms with Gasteiger partial charge in [-0.05, 0) is 30.2 Å². The fraction of sp³-hybridized carbons (Fsp3) is 0.208. The summed E-state index contributed by atoms with van der Waals surface area (Å²) >= 11 is 0. The SMILES string of the molecule is Cc1cccc(C2C3C(=NN2C)c2ccccc2OC3c2ccccc2)c1. The number of rotatable bonds is 2. The normalized spacial score (nSPS) is 23.3. The molecule has 0 spiro atoms. The summed E-state index contributed by atoms with van der Waals surface area (Å²) in [6.45, 7) is 2.14. The van der Waals surface area contributed by atoms with E-state index in [4.69, 9.17) is 9.84 Å². The molecule has 3 aromatic rings. The Balaban J connectivity index is 1.68. The number of ether oxygens (including phenoxy) is 1. The van der Waals surface area contributed by atoms with E-state index in [-0.39, 0.29) is 18.1 Å². The Morgan fingerprint density at radius 2 is 1.59 bits per heavy atom. The second kappa shape index (κ2) is 6.27.